The topological polar surface area (TPSA) is 143 Å². The molecule has 1 fully saturated rings. The number of aromatic nitrogens is 2. The molecule has 238 valence electrons. The molecular weight excluding hydrogens is 620 g/mol. The molecule has 5 rings (SSSR count). The van der Waals surface area contributed by atoms with Crippen molar-refractivity contribution in [3.63, 3.8) is 0 Å². The van der Waals surface area contributed by atoms with E-state index in [-0.39, 0.29) is 11.1 Å². The van der Waals surface area contributed by atoms with Crippen LogP contribution in [0.3, 0.4) is 0 Å². The van der Waals surface area contributed by atoms with Gasteiger partial charge in [0.25, 0.3) is 5.56 Å². The first kappa shape index (κ1) is 31.8. The van der Waals surface area contributed by atoms with Crippen molar-refractivity contribution in [2.24, 2.45) is 0 Å². The first-order valence-electron chi connectivity index (χ1n) is 13.5. The number of benzene rings is 3. The number of hydrogen-bond donors (Lipinski definition) is 1. The van der Waals surface area contributed by atoms with Gasteiger partial charge < -0.3 is 18.9 Å². The zero-order valence-corrected chi connectivity index (χ0v) is 23.3. The van der Waals surface area contributed by atoms with Crippen molar-refractivity contribution in [2.45, 2.75) is 30.7 Å². The largest absolute Gasteiger partial charge is 0.459 e. The Bertz CT molecular complexity index is 1860. The minimum absolute atomic E-state index is 0.0289. The lowest BCUT2D eigenvalue weighted by Gasteiger charge is -2.25. The van der Waals surface area contributed by atoms with Crippen LogP contribution < -0.4 is 11.2 Å². The van der Waals surface area contributed by atoms with Gasteiger partial charge in [0.15, 0.2) is 18.4 Å². The molecule has 1 aromatic heterocycles. The molecule has 0 aliphatic carbocycles. The van der Waals surface area contributed by atoms with Crippen molar-refractivity contribution >= 4 is 17.9 Å². The SMILES string of the molecule is O=C(OC[C@H]1O[C@@H](n2cc(F)c(=O)[nH]c2=O)[C@H](OC(=O)c2cccc(C(F)(F)F)c2)[C@@H]1OC(=O)c1ccccc1)c1ccccc1. The molecule has 0 bridgehead atoms. The molecule has 0 saturated carbocycles. The first-order valence-corrected chi connectivity index (χ1v) is 13.5. The summed E-state index contributed by atoms with van der Waals surface area (Å²) >= 11 is 0. The molecule has 2 heterocycles. The third kappa shape index (κ3) is 7.04. The Balaban J connectivity index is 1.54. The van der Waals surface area contributed by atoms with Crippen LogP contribution in [0.25, 0.3) is 0 Å². The number of halogens is 4. The highest BCUT2D eigenvalue weighted by Gasteiger charge is 2.52. The Morgan fingerprint density at radius 3 is 1.98 bits per heavy atom. The normalized spacial score (nSPS) is 19.3. The van der Waals surface area contributed by atoms with Gasteiger partial charge in [-0.2, -0.15) is 17.6 Å². The van der Waals surface area contributed by atoms with Gasteiger partial charge in [0.2, 0.25) is 5.82 Å². The summed E-state index contributed by atoms with van der Waals surface area (Å²) in [4.78, 5) is 65.2. The van der Waals surface area contributed by atoms with Crippen molar-refractivity contribution in [2.75, 3.05) is 6.61 Å². The quantitative estimate of drug-likeness (QED) is 0.172. The summed E-state index contributed by atoms with van der Waals surface area (Å²) in [5.41, 5.74) is -4.18. The zero-order valence-electron chi connectivity index (χ0n) is 23.3. The Kier molecular flexibility index (Phi) is 9.13. The number of H-pyrrole nitrogens is 1. The molecule has 4 aromatic rings. The molecule has 3 aromatic carbocycles. The van der Waals surface area contributed by atoms with E-state index in [0.29, 0.717) is 16.8 Å². The second kappa shape index (κ2) is 13.2. The van der Waals surface area contributed by atoms with E-state index in [1.165, 1.54) is 36.4 Å². The van der Waals surface area contributed by atoms with Crippen LogP contribution in [0.15, 0.2) is 101 Å². The van der Waals surface area contributed by atoms with Gasteiger partial charge >= 0.3 is 29.8 Å². The lowest BCUT2D eigenvalue weighted by Crippen LogP contribution is -2.43. The highest BCUT2D eigenvalue weighted by molar-refractivity contribution is 5.91. The monoisotopic (exact) mass is 642 g/mol. The number of esters is 3. The van der Waals surface area contributed by atoms with Crippen LogP contribution in [0.5, 0.6) is 0 Å². The van der Waals surface area contributed by atoms with E-state index in [0.717, 1.165) is 18.2 Å². The highest BCUT2D eigenvalue weighted by Crippen LogP contribution is 2.35. The maximum atomic E-state index is 14.4. The first-order chi connectivity index (χ1) is 21.9. The Labute approximate surface area is 255 Å². The molecule has 4 atom stereocenters. The summed E-state index contributed by atoms with van der Waals surface area (Å²) < 4.78 is 77.2. The second-order valence-corrected chi connectivity index (χ2v) is 9.86. The van der Waals surface area contributed by atoms with Crippen LogP contribution in [0, 0.1) is 5.82 Å². The highest BCUT2D eigenvalue weighted by atomic mass is 19.4. The number of carbonyl (C=O) groups is 3. The van der Waals surface area contributed by atoms with Gasteiger partial charge in [-0.15, -0.1) is 0 Å². The number of nitrogens with one attached hydrogen (secondary N) is 1. The minimum Gasteiger partial charge on any atom is -0.459 e. The second-order valence-electron chi connectivity index (χ2n) is 9.86. The maximum Gasteiger partial charge on any atom is 0.416 e. The summed E-state index contributed by atoms with van der Waals surface area (Å²) in [6.07, 6.45) is -11.2. The molecule has 0 unspecified atom stereocenters. The Morgan fingerprint density at radius 2 is 1.35 bits per heavy atom. The zero-order chi connectivity index (χ0) is 33.0. The molecule has 11 nitrogen and oxygen atoms in total. The average Bonchev–Trinajstić information content (AvgIpc) is 3.37. The standard InChI is InChI=1S/C31H22F4N2O9/c32-21-15-37(30(42)36-25(21)38)26-24(46-29(41)19-12-7-13-20(14-19)31(33,34)35)23(45-28(40)18-10-5-2-6-11-18)22(44-26)16-43-27(39)17-8-3-1-4-9-17/h1-15,22-24,26H,16H2,(H,36,38,42)/t22-,23-,24-,26-/m1/s1. The number of carbonyl (C=O) groups excluding carboxylic acids is 3. The van der Waals surface area contributed by atoms with Crippen LogP contribution in [-0.2, 0) is 25.1 Å². The van der Waals surface area contributed by atoms with Gasteiger partial charge in [-0.25, -0.2) is 19.2 Å². The van der Waals surface area contributed by atoms with Crippen molar-refractivity contribution < 1.29 is 50.9 Å². The minimum atomic E-state index is -4.81. The third-order valence-electron chi connectivity index (χ3n) is 6.79. The van der Waals surface area contributed by atoms with E-state index in [2.05, 4.69) is 0 Å². The van der Waals surface area contributed by atoms with Crippen LogP contribution >= 0.6 is 0 Å². The number of alkyl halides is 3. The predicted molar refractivity (Wildman–Crippen MR) is 148 cm³/mol. The number of nitrogens with zero attached hydrogens (tertiary/aromatic N) is 1. The molecule has 1 aliphatic rings. The number of aromatic amines is 1. The molecular formula is C31H22F4N2O9. The molecule has 1 N–H and O–H groups in total. The van der Waals surface area contributed by atoms with Gasteiger partial charge in [0.1, 0.15) is 12.7 Å². The summed E-state index contributed by atoms with van der Waals surface area (Å²) in [6, 6.07) is 18.4. The van der Waals surface area contributed by atoms with Gasteiger partial charge in [-0.3, -0.25) is 14.3 Å². The van der Waals surface area contributed by atoms with E-state index in [1.54, 1.807) is 29.2 Å². The Hall–Kier alpha value is -5.57. The molecule has 15 heteroatoms. The van der Waals surface area contributed by atoms with Gasteiger partial charge in [-0.05, 0) is 42.5 Å². The van der Waals surface area contributed by atoms with Gasteiger partial charge in [0, 0.05) is 0 Å². The molecule has 1 saturated heterocycles. The summed E-state index contributed by atoms with van der Waals surface area (Å²) in [6.45, 7) is -0.658. The Morgan fingerprint density at radius 1 is 0.783 bits per heavy atom. The lowest BCUT2D eigenvalue weighted by molar-refractivity contribution is -0.137. The maximum absolute atomic E-state index is 14.4. The molecule has 46 heavy (non-hydrogen) atoms. The third-order valence-corrected chi connectivity index (χ3v) is 6.79. The van der Waals surface area contributed by atoms with Crippen LogP contribution in [0.2, 0.25) is 0 Å². The van der Waals surface area contributed by atoms with Crippen LogP contribution in [0.4, 0.5) is 17.6 Å². The fourth-order valence-corrected chi connectivity index (χ4v) is 4.58. The fraction of sp³-hybridized carbons (Fsp3) is 0.194. The molecule has 0 amide bonds. The number of rotatable bonds is 8. The van der Waals surface area contributed by atoms with Crippen molar-refractivity contribution in [3.8, 4) is 0 Å². The van der Waals surface area contributed by atoms with E-state index >= 15 is 0 Å². The van der Waals surface area contributed by atoms with Crippen molar-refractivity contribution in [3.05, 3.63) is 140 Å². The molecule has 0 radical (unpaired) electrons. The molecule has 1 aliphatic heterocycles. The van der Waals surface area contributed by atoms with Crippen LogP contribution in [-0.4, -0.2) is 52.4 Å². The summed E-state index contributed by atoms with van der Waals surface area (Å²) in [5.74, 6) is -4.60. The summed E-state index contributed by atoms with van der Waals surface area (Å²) in [7, 11) is 0. The van der Waals surface area contributed by atoms with Gasteiger partial charge in [0.05, 0.1) is 28.5 Å². The van der Waals surface area contributed by atoms with E-state index in [4.69, 9.17) is 18.9 Å². The molecule has 0 spiro atoms. The average molecular weight is 643 g/mol. The van der Waals surface area contributed by atoms with Gasteiger partial charge in [-0.1, -0.05) is 42.5 Å². The lowest BCUT2D eigenvalue weighted by atomic mass is 10.1. The smallest absolute Gasteiger partial charge is 0.416 e. The number of ether oxygens (including phenoxy) is 4. The predicted octanol–water partition coefficient (Wildman–Crippen LogP) is 3.90. The van der Waals surface area contributed by atoms with Crippen molar-refractivity contribution in [1.29, 1.82) is 0 Å². The number of hydrogen-bond acceptors (Lipinski definition) is 9. The van der Waals surface area contributed by atoms with E-state index in [1.807, 2.05) is 0 Å². The van der Waals surface area contributed by atoms with Crippen molar-refractivity contribution in [1.82, 2.24) is 9.55 Å². The van der Waals surface area contributed by atoms with Crippen LogP contribution in [0.1, 0.15) is 42.9 Å². The van der Waals surface area contributed by atoms with E-state index in [9.17, 15) is 41.5 Å². The summed E-state index contributed by atoms with van der Waals surface area (Å²) in [5, 5.41) is 0. The fourth-order valence-electron chi connectivity index (χ4n) is 4.58. The van der Waals surface area contributed by atoms with E-state index < -0.39 is 83.4 Å².